The van der Waals surface area contributed by atoms with Crippen molar-refractivity contribution in [3.05, 3.63) is 28.4 Å². The number of pyridine rings is 1. The predicted octanol–water partition coefficient (Wildman–Crippen LogP) is 3.65. The number of carbonyl (C=O) groups excluding carboxylic acids is 3. The van der Waals surface area contributed by atoms with Crippen molar-refractivity contribution in [1.29, 1.82) is 0 Å². The van der Waals surface area contributed by atoms with E-state index in [4.69, 9.17) is 18.9 Å². The molecule has 0 spiro atoms. The molecule has 15 heteroatoms. The van der Waals surface area contributed by atoms with Crippen LogP contribution in [0.5, 0.6) is 0 Å². The molecule has 0 saturated heterocycles. The minimum Gasteiger partial charge on any atom is -0.460 e. The van der Waals surface area contributed by atoms with Crippen LogP contribution >= 0.6 is 21.6 Å². The molecule has 13 nitrogen and oxygen atoms in total. The number of hydrogen-bond donors (Lipinski definition) is 2. The lowest BCUT2D eigenvalue weighted by Crippen LogP contribution is -2.32. The van der Waals surface area contributed by atoms with Gasteiger partial charge in [-0.05, 0) is 50.0 Å². The monoisotopic (exact) mass is 618 g/mol. The quantitative estimate of drug-likeness (QED) is 0.0484. The van der Waals surface area contributed by atoms with Crippen molar-refractivity contribution < 1.29 is 38.3 Å². The van der Waals surface area contributed by atoms with Crippen molar-refractivity contribution >= 4 is 45.1 Å². The second-order valence-corrected chi connectivity index (χ2v) is 12.4. The van der Waals surface area contributed by atoms with Crippen LogP contribution in [-0.4, -0.2) is 85.4 Å². The molecule has 0 aliphatic rings. The van der Waals surface area contributed by atoms with Gasteiger partial charge >= 0.3 is 5.97 Å². The van der Waals surface area contributed by atoms with Crippen LogP contribution < -0.4 is 10.6 Å². The molecular formula is C26H42N4O9S2. The summed E-state index contributed by atoms with van der Waals surface area (Å²) in [5.74, 6) is -0.892. The molecular weight excluding hydrogens is 576 g/mol. The van der Waals surface area contributed by atoms with E-state index < -0.39 is 17.2 Å². The number of rotatable bonds is 22. The average molecular weight is 619 g/mol. The molecule has 0 saturated carbocycles. The lowest BCUT2D eigenvalue weighted by Gasteiger charge is -2.22. The third-order valence-corrected chi connectivity index (χ3v) is 8.85. The first-order valence-electron chi connectivity index (χ1n) is 13.3. The van der Waals surface area contributed by atoms with Gasteiger partial charge in [-0.25, -0.2) is 4.98 Å². The molecule has 0 aliphatic carbocycles. The fourth-order valence-corrected chi connectivity index (χ4v) is 5.32. The summed E-state index contributed by atoms with van der Waals surface area (Å²) in [6.45, 7) is 7.08. The van der Waals surface area contributed by atoms with E-state index in [-0.39, 0.29) is 47.8 Å². The smallest absolute Gasteiger partial charge is 0.306 e. The lowest BCUT2D eigenvalue weighted by atomic mass is 10.1. The summed E-state index contributed by atoms with van der Waals surface area (Å²) in [5.41, 5.74) is -0.0582. The molecule has 0 radical (unpaired) electrons. The van der Waals surface area contributed by atoms with Crippen molar-refractivity contribution in [2.45, 2.75) is 81.5 Å². The number of esters is 1. The zero-order valence-electron chi connectivity index (χ0n) is 24.3. The van der Waals surface area contributed by atoms with E-state index >= 15 is 0 Å². The highest BCUT2D eigenvalue weighted by Crippen LogP contribution is 2.42. The van der Waals surface area contributed by atoms with Crippen LogP contribution in [0.3, 0.4) is 0 Å². The summed E-state index contributed by atoms with van der Waals surface area (Å²) in [6, 6.07) is 3.01. The minimum absolute atomic E-state index is 0.00882. The number of hydrogen-bond acceptors (Lipinski definition) is 12. The summed E-state index contributed by atoms with van der Waals surface area (Å²) in [6.07, 6.45) is 2.48. The van der Waals surface area contributed by atoms with Crippen LogP contribution in [0.15, 0.2) is 23.4 Å². The number of methoxy groups -OCH3 is 2. The number of carbonyl (C=O) groups is 3. The maximum atomic E-state index is 12.2. The molecule has 1 rings (SSSR count). The number of ether oxygens (including phenoxy) is 4. The second-order valence-electron chi connectivity index (χ2n) is 9.56. The van der Waals surface area contributed by atoms with Gasteiger partial charge in [0.2, 0.25) is 11.8 Å². The number of nitrogens with one attached hydrogen (secondary N) is 2. The van der Waals surface area contributed by atoms with Gasteiger partial charge in [0.05, 0.1) is 24.1 Å². The van der Waals surface area contributed by atoms with Gasteiger partial charge in [0.15, 0.2) is 6.29 Å². The molecule has 1 heterocycles. The van der Waals surface area contributed by atoms with Crippen molar-refractivity contribution in [3.8, 4) is 0 Å². The molecule has 0 fully saturated rings. The van der Waals surface area contributed by atoms with Gasteiger partial charge in [-0.2, -0.15) is 0 Å². The topological polar surface area (TPSA) is 168 Å². The molecule has 1 aromatic heterocycles. The lowest BCUT2D eigenvalue weighted by molar-refractivity contribution is -0.385. The average Bonchev–Trinajstić information content (AvgIpc) is 2.95. The van der Waals surface area contributed by atoms with Gasteiger partial charge in [-0.15, -0.1) is 0 Å². The summed E-state index contributed by atoms with van der Waals surface area (Å²) in [4.78, 5) is 50.5. The normalized spacial score (nSPS) is 12.8. The first-order chi connectivity index (χ1) is 19.5. The highest BCUT2D eigenvalue weighted by molar-refractivity contribution is 8.77. The molecule has 1 aromatic rings. The van der Waals surface area contributed by atoms with Crippen molar-refractivity contribution in [2.24, 2.45) is 0 Å². The Kier molecular flexibility index (Phi) is 18.2. The maximum absolute atomic E-state index is 12.2. The Balaban J connectivity index is 2.15. The fourth-order valence-electron chi connectivity index (χ4n) is 3.13. The van der Waals surface area contributed by atoms with Crippen LogP contribution in [0.1, 0.15) is 59.3 Å². The van der Waals surface area contributed by atoms with Crippen molar-refractivity contribution in [1.82, 2.24) is 15.6 Å². The van der Waals surface area contributed by atoms with Gasteiger partial charge in [0, 0.05) is 51.0 Å². The predicted molar refractivity (Wildman–Crippen MR) is 156 cm³/mol. The standard InChI is InChI=1S/C26H42N4O9S2/c1-6-20(17-36-4)39-25(37-5)18-38-24(33)11-9-21(31)27-14-7-15-28-22(32)12-13-26(2,3)41-40-23-10-8-19(16-29-23)30(34)35/h8,10,16,20,25H,6-7,9,11-15,17-18H2,1-5H3,(H,27,31)(H,28,32). The number of amides is 2. The Bertz CT molecular complexity index is 951. The summed E-state index contributed by atoms with van der Waals surface area (Å²) in [5, 5.41) is 17.0. The van der Waals surface area contributed by atoms with Crippen LogP contribution in [-0.2, 0) is 33.3 Å². The number of nitro groups is 1. The van der Waals surface area contributed by atoms with Gasteiger partial charge < -0.3 is 29.6 Å². The highest BCUT2D eigenvalue weighted by Gasteiger charge is 2.22. The molecule has 0 aromatic carbocycles. The van der Waals surface area contributed by atoms with Gasteiger partial charge in [-0.3, -0.25) is 24.5 Å². The van der Waals surface area contributed by atoms with Crippen molar-refractivity contribution in [3.63, 3.8) is 0 Å². The Hall–Kier alpha value is -2.46. The van der Waals surface area contributed by atoms with Gasteiger partial charge in [0.25, 0.3) is 5.69 Å². The van der Waals surface area contributed by atoms with E-state index in [2.05, 4.69) is 15.6 Å². The molecule has 2 amide bonds. The second kappa shape index (κ2) is 20.4. The minimum atomic E-state index is -0.716. The molecule has 0 bridgehead atoms. The van der Waals surface area contributed by atoms with E-state index in [0.717, 1.165) is 0 Å². The molecule has 2 N–H and O–H groups in total. The highest BCUT2D eigenvalue weighted by atomic mass is 33.1. The van der Waals surface area contributed by atoms with E-state index in [9.17, 15) is 24.5 Å². The van der Waals surface area contributed by atoms with Gasteiger partial charge in [0.1, 0.15) is 17.8 Å². The van der Waals surface area contributed by atoms with Crippen LogP contribution in [0.25, 0.3) is 0 Å². The molecule has 2 unspecified atom stereocenters. The maximum Gasteiger partial charge on any atom is 0.306 e. The Labute approximate surface area is 249 Å². The van der Waals surface area contributed by atoms with Crippen LogP contribution in [0.2, 0.25) is 0 Å². The Morgan fingerprint density at radius 3 is 2.32 bits per heavy atom. The fraction of sp³-hybridized carbons (Fsp3) is 0.692. The first-order valence-corrected chi connectivity index (χ1v) is 15.5. The largest absolute Gasteiger partial charge is 0.460 e. The summed E-state index contributed by atoms with van der Waals surface area (Å²) in [7, 11) is 5.99. The molecule has 0 aliphatic heterocycles. The summed E-state index contributed by atoms with van der Waals surface area (Å²) < 4.78 is 20.9. The zero-order chi connectivity index (χ0) is 30.7. The Morgan fingerprint density at radius 1 is 1.07 bits per heavy atom. The van der Waals surface area contributed by atoms with Crippen LogP contribution in [0, 0.1) is 10.1 Å². The van der Waals surface area contributed by atoms with Crippen LogP contribution in [0.4, 0.5) is 5.69 Å². The zero-order valence-corrected chi connectivity index (χ0v) is 26.0. The van der Waals surface area contributed by atoms with E-state index in [1.165, 1.54) is 30.2 Å². The third kappa shape index (κ3) is 17.2. The van der Waals surface area contributed by atoms with E-state index in [1.807, 2.05) is 20.8 Å². The first kappa shape index (κ1) is 36.6. The molecule has 2 atom stereocenters. The van der Waals surface area contributed by atoms with E-state index in [0.29, 0.717) is 50.4 Å². The van der Waals surface area contributed by atoms with E-state index in [1.54, 1.807) is 24.0 Å². The number of aromatic nitrogens is 1. The van der Waals surface area contributed by atoms with Crippen molar-refractivity contribution in [2.75, 3.05) is 40.5 Å². The SMILES string of the molecule is CCC(COC)OC(COC(=O)CCC(=O)NCCCNC(=O)CCC(C)(C)SSc1ccc([N+](=O)[O-])cn1)OC. The summed E-state index contributed by atoms with van der Waals surface area (Å²) >= 11 is 0. The molecule has 232 valence electrons. The third-order valence-electron chi connectivity index (χ3n) is 5.59. The van der Waals surface area contributed by atoms with Gasteiger partial charge in [-0.1, -0.05) is 17.7 Å². The number of nitrogens with zero attached hydrogens (tertiary/aromatic N) is 2. The Morgan fingerprint density at radius 2 is 1.76 bits per heavy atom. The molecule has 41 heavy (non-hydrogen) atoms.